The van der Waals surface area contributed by atoms with Gasteiger partial charge in [-0.15, -0.1) is 0 Å². The lowest BCUT2D eigenvalue weighted by Crippen LogP contribution is -1.88. The second kappa shape index (κ2) is 6.82. The molecule has 20 heavy (non-hydrogen) atoms. The fraction of sp³-hybridized carbons (Fsp3) is 0.267. The Hall–Kier alpha value is -1.45. The standard InChI is InChI=1S/C15H15Cl2NO2/c1-3-5-13-10(8-9-19-2)15(18-20-13)14-11(16)6-4-7-12(14)17/h4,6-9H,3,5H2,1-2H3. The van der Waals surface area contributed by atoms with E-state index in [2.05, 4.69) is 12.1 Å². The van der Waals surface area contributed by atoms with Gasteiger partial charge in [0.25, 0.3) is 0 Å². The molecule has 0 atom stereocenters. The largest absolute Gasteiger partial charge is 0.504 e. The lowest BCUT2D eigenvalue weighted by Gasteiger charge is -2.04. The normalized spacial score (nSPS) is 11.2. The Morgan fingerprint density at radius 3 is 2.60 bits per heavy atom. The first-order valence-electron chi connectivity index (χ1n) is 6.31. The van der Waals surface area contributed by atoms with Gasteiger partial charge in [0.2, 0.25) is 0 Å². The number of hydrogen-bond donors (Lipinski definition) is 0. The molecule has 2 aromatic rings. The van der Waals surface area contributed by atoms with Crippen LogP contribution >= 0.6 is 23.2 Å². The van der Waals surface area contributed by atoms with E-state index < -0.39 is 0 Å². The first kappa shape index (κ1) is 14.9. The van der Waals surface area contributed by atoms with Gasteiger partial charge in [0.1, 0.15) is 11.5 Å². The zero-order valence-electron chi connectivity index (χ0n) is 11.3. The van der Waals surface area contributed by atoms with Crippen molar-refractivity contribution in [1.82, 2.24) is 5.16 Å². The monoisotopic (exact) mass is 311 g/mol. The van der Waals surface area contributed by atoms with Crippen molar-refractivity contribution in [3.8, 4) is 11.3 Å². The van der Waals surface area contributed by atoms with Crippen LogP contribution in [0.15, 0.2) is 29.0 Å². The third-order valence-corrected chi connectivity index (χ3v) is 3.48. The highest BCUT2D eigenvalue weighted by Crippen LogP contribution is 2.37. The molecule has 0 radical (unpaired) electrons. The third-order valence-electron chi connectivity index (χ3n) is 2.85. The van der Waals surface area contributed by atoms with E-state index >= 15 is 0 Å². The number of benzene rings is 1. The van der Waals surface area contributed by atoms with E-state index in [1.807, 2.05) is 6.08 Å². The average molecular weight is 312 g/mol. The van der Waals surface area contributed by atoms with Crippen molar-refractivity contribution in [1.29, 1.82) is 0 Å². The summed E-state index contributed by atoms with van der Waals surface area (Å²) in [7, 11) is 1.59. The molecule has 0 spiro atoms. The van der Waals surface area contributed by atoms with Gasteiger partial charge in [-0.3, -0.25) is 0 Å². The van der Waals surface area contributed by atoms with Gasteiger partial charge in [0.05, 0.1) is 23.4 Å². The van der Waals surface area contributed by atoms with Crippen molar-refractivity contribution in [2.24, 2.45) is 0 Å². The summed E-state index contributed by atoms with van der Waals surface area (Å²) >= 11 is 12.5. The van der Waals surface area contributed by atoms with Crippen LogP contribution in [0.1, 0.15) is 24.7 Å². The first-order chi connectivity index (χ1) is 9.69. The molecule has 1 aromatic carbocycles. The number of methoxy groups -OCH3 is 1. The molecule has 5 heteroatoms. The summed E-state index contributed by atoms with van der Waals surface area (Å²) in [6.07, 6.45) is 5.15. The number of nitrogens with zero attached hydrogens (tertiary/aromatic N) is 1. The van der Waals surface area contributed by atoms with Crippen LogP contribution in [-0.2, 0) is 11.2 Å². The second-order valence-electron chi connectivity index (χ2n) is 4.25. The van der Waals surface area contributed by atoms with Crippen LogP contribution in [0.2, 0.25) is 10.0 Å². The smallest absolute Gasteiger partial charge is 0.144 e. The quantitative estimate of drug-likeness (QED) is 0.710. The second-order valence-corrected chi connectivity index (χ2v) is 5.07. The predicted octanol–water partition coefficient (Wildman–Crippen LogP) is 5.22. The van der Waals surface area contributed by atoms with Gasteiger partial charge < -0.3 is 9.26 Å². The maximum atomic E-state index is 6.23. The summed E-state index contributed by atoms with van der Waals surface area (Å²) in [6, 6.07) is 5.35. The van der Waals surface area contributed by atoms with Gasteiger partial charge in [0.15, 0.2) is 0 Å². The third kappa shape index (κ3) is 3.00. The van der Waals surface area contributed by atoms with E-state index in [-0.39, 0.29) is 0 Å². The van der Waals surface area contributed by atoms with E-state index in [0.29, 0.717) is 21.3 Å². The molecule has 0 fully saturated rings. The summed E-state index contributed by atoms with van der Waals surface area (Å²) in [5.74, 6) is 0.798. The molecule has 1 heterocycles. The van der Waals surface area contributed by atoms with Crippen LogP contribution in [0.4, 0.5) is 0 Å². The van der Waals surface area contributed by atoms with Crippen molar-refractivity contribution >= 4 is 29.3 Å². The molecule has 3 nitrogen and oxygen atoms in total. The van der Waals surface area contributed by atoms with Gasteiger partial charge in [-0.25, -0.2) is 0 Å². The summed E-state index contributed by atoms with van der Waals surface area (Å²) < 4.78 is 10.4. The Morgan fingerprint density at radius 1 is 1.30 bits per heavy atom. The highest BCUT2D eigenvalue weighted by molar-refractivity contribution is 6.39. The SMILES string of the molecule is CCCc1onc(-c2c(Cl)cccc2Cl)c1C=COC. The minimum absolute atomic E-state index is 0.543. The summed E-state index contributed by atoms with van der Waals surface area (Å²) in [4.78, 5) is 0. The Bertz CT molecular complexity index is 600. The highest BCUT2D eigenvalue weighted by atomic mass is 35.5. The molecule has 0 aliphatic carbocycles. The van der Waals surface area contributed by atoms with Crippen molar-refractivity contribution in [3.05, 3.63) is 45.8 Å². The van der Waals surface area contributed by atoms with Crippen LogP contribution in [-0.4, -0.2) is 12.3 Å². The first-order valence-corrected chi connectivity index (χ1v) is 7.06. The molecule has 0 unspecified atom stereocenters. The molecule has 1 aromatic heterocycles. The van der Waals surface area contributed by atoms with Gasteiger partial charge >= 0.3 is 0 Å². The van der Waals surface area contributed by atoms with E-state index in [0.717, 1.165) is 24.2 Å². The molecule has 0 saturated heterocycles. The number of halogens is 2. The fourth-order valence-electron chi connectivity index (χ4n) is 1.95. The minimum Gasteiger partial charge on any atom is -0.504 e. The topological polar surface area (TPSA) is 35.3 Å². The fourth-order valence-corrected chi connectivity index (χ4v) is 2.53. The molecule has 106 valence electrons. The van der Waals surface area contributed by atoms with Crippen LogP contribution in [0.3, 0.4) is 0 Å². The summed E-state index contributed by atoms with van der Waals surface area (Å²) in [5, 5.41) is 5.21. The number of ether oxygens (including phenoxy) is 1. The Morgan fingerprint density at radius 2 is 2.00 bits per heavy atom. The van der Waals surface area contributed by atoms with Crippen LogP contribution in [0.5, 0.6) is 0 Å². The van der Waals surface area contributed by atoms with E-state index in [1.165, 1.54) is 0 Å². The molecule has 0 bridgehead atoms. The molecule has 0 amide bonds. The van der Waals surface area contributed by atoms with Crippen LogP contribution in [0, 0.1) is 0 Å². The maximum Gasteiger partial charge on any atom is 0.144 e. The predicted molar refractivity (Wildman–Crippen MR) is 82.0 cm³/mol. The van der Waals surface area contributed by atoms with Crippen molar-refractivity contribution < 1.29 is 9.26 Å². The van der Waals surface area contributed by atoms with Crippen LogP contribution < -0.4 is 0 Å². The number of aryl methyl sites for hydroxylation is 1. The lowest BCUT2D eigenvalue weighted by atomic mass is 10.0. The van der Waals surface area contributed by atoms with Gasteiger partial charge in [-0.1, -0.05) is 41.3 Å². The zero-order chi connectivity index (χ0) is 14.5. The van der Waals surface area contributed by atoms with Crippen molar-refractivity contribution in [2.75, 3.05) is 7.11 Å². The maximum absolute atomic E-state index is 6.23. The molecule has 0 saturated carbocycles. The average Bonchev–Trinajstić information content (AvgIpc) is 2.80. The van der Waals surface area contributed by atoms with Crippen LogP contribution in [0.25, 0.3) is 17.3 Å². The summed E-state index contributed by atoms with van der Waals surface area (Å²) in [6.45, 7) is 2.08. The van der Waals surface area contributed by atoms with Gasteiger partial charge in [0, 0.05) is 17.5 Å². The Kier molecular flexibility index (Phi) is 5.10. The molecular weight excluding hydrogens is 297 g/mol. The van der Waals surface area contributed by atoms with Crippen molar-refractivity contribution in [2.45, 2.75) is 19.8 Å². The lowest BCUT2D eigenvalue weighted by molar-refractivity contribution is 0.341. The zero-order valence-corrected chi connectivity index (χ0v) is 12.8. The Balaban J connectivity index is 2.59. The van der Waals surface area contributed by atoms with E-state index in [4.69, 9.17) is 32.5 Å². The molecule has 0 aliphatic heterocycles. The molecular formula is C15H15Cl2NO2. The number of hydrogen-bond acceptors (Lipinski definition) is 3. The number of aromatic nitrogens is 1. The van der Waals surface area contributed by atoms with Gasteiger partial charge in [-0.05, 0) is 24.6 Å². The van der Waals surface area contributed by atoms with Crippen molar-refractivity contribution in [3.63, 3.8) is 0 Å². The molecule has 0 N–H and O–H groups in total. The molecule has 0 aliphatic rings. The molecule has 2 rings (SSSR count). The minimum atomic E-state index is 0.543. The number of rotatable bonds is 5. The Labute approximate surface area is 128 Å². The summed E-state index contributed by atoms with van der Waals surface area (Å²) in [5.41, 5.74) is 2.17. The van der Waals surface area contributed by atoms with Gasteiger partial charge in [-0.2, -0.15) is 0 Å². The highest BCUT2D eigenvalue weighted by Gasteiger charge is 2.19. The van der Waals surface area contributed by atoms with E-state index in [9.17, 15) is 0 Å². The van der Waals surface area contributed by atoms with E-state index in [1.54, 1.807) is 31.6 Å².